The molecule has 1 fully saturated rings. The Balaban J connectivity index is 1.39. The Kier molecular flexibility index (Phi) is 6.14. The minimum Gasteiger partial charge on any atom is -0.545 e. The van der Waals surface area contributed by atoms with E-state index >= 15 is 0 Å². The van der Waals surface area contributed by atoms with E-state index in [-0.39, 0.29) is 18.1 Å². The van der Waals surface area contributed by atoms with Gasteiger partial charge >= 0.3 is 0 Å². The fraction of sp³-hybridized carbons (Fsp3) is 0.0417. The van der Waals surface area contributed by atoms with Crippen molar-refractivity contribution in [1.29, 1.82) is 0 Å². The number of amidine groups is 1. The van der Waals surface area contributed by atoms with Crippen molar-refractivity contribution in [2.75, 3.05) is 0 Å². The van der Waals surface area contributed by atoms with Gasteiger partial charge in [-0.3, -0.25) is 4.79 Å². The van der Waals surface area contributed by atoms with Gasteiger partial charge in [-0.1, -0.05) is 48.5 Å². The topological polar surface area (TPSA) is 90.8 Å². The van der Waals surface area contributed by atoms with E-state index in [0.29, 0.717) is 15.8 Å². The van der Waals surface area contributed by atoms with E-state index in [0.717, 1.165) is 16.8 Å². The summed E-state index contributed by atoms with van der Waals surface area (Å²) >= 11 is 1.29. The standard InChI is InChI=1S/C24H18N2O4S/c27-22-21(31-24(26-22)25-19-7-2-1-3-8-19)14-16-9-11-20(12-10-16)30-15-17-5-4-6-18(13-17)23(28)29/h1-14H,15H2,(H,28,29)(H,25,26,27)/p-1/b21-14-. The van der Waals surface area contributed by atoms with Crippen LogP contribution < -0.4 is 15.2 Å². The van der Waals surface area contributed by atoms with E-state index in [4.69, 9.17) is 4.74 Å². The predicted octanol–water partition coefficient (Wildman–Crippen LogP) is 3.52. The van der Waals surface area contributed by atoms with Crippen LogP contribution in [0.15, 0.2) is 88.8 Å². The van der Waals surface area contributed by atoms with Gasteiger partial charge in [-0.05, 0) is 64.9 Å². The molecule has 0 radical (unpaired) electrons. The molecule has 0 unspecified atom stereocenters. The highest BCUT2D eigenvalue weighted by atomic mass is 32.2. The normalized spacial score (nSPS) is 15.8. The maximum Gasteiger partial charge on any atom is 0.264 e. The van der Waals surface area contributed by atoms with Crippen LogP contribution in [-0.2, 0) is 11.4 Å². The molecule has 31 heavy (non-hydrogen) atoms. The van der Waals surface area contributed by atoms with Gasteiger partial charge in [0.25, 0.3) is 5.91 Å². The summed E-state index contributed by atoms with van der Waals surface area (Å²) in [4.78, 5) is 28.2. The Bertz CT molecular complexity index is 1170. The lowest BCUT2D eigenvalue weighted by molar-refractivity contribution is -0.255. The quantitative estimate of drug-likeness (QED) is 0.606. The van der Waals surface area contributed by atoms with Gasteiger partial charge in [0.1, 0.15) is 12.4 Å². The van der Waals surface area contributed by atoms with Gasteiger partial charge in [0, 0.05) is 0 Å². The molecule has 1 aliphatic rings. The second-order valence-corrected chi connectivity index (χ2v) is 7.69. The number of benzene rings is 3. The summed E-state index contributed by atoms with van der Waals surface area (Å²) in [6, 6.07) is 23.2. The number of carbonyl (C=O) groups excluding carboxylic acids is 2. The van der Waals surface area contributed by atoms with Crippen LogP contribution in [0.2, 0.25) is 0 Å². The summed E-state index contributed by atoms with van der Waals surface area (Å²) in [5.74, 6) is -0.770. The summed E-state index contributed by atoms with van der Waals surface area (Å²) in [6.07, 6.45) is 1.79. The van der Waals surface area contributed by atoms with Crippen LogP contribution in [0.25, 0.3) is 6.08 Å². The fourth-order valence-corrected chi connectivity index (χ4v) is 3.71. The molecule has 1 aliphatic heterocycles. The third-order valence-electron chi connectivity index (χ3n) is 4.38. The average Bonchev–Trinajstić information content (AvgIpc) is 3.12. The van der Waals surface area contributed by atoms with E-state index in [9.17, 15) is 14.7 Å². The molecule has 6 nitrogen and oxygen atoms in total. The average molecular weight is 429 g/mol. The lowest BCUT2D eigenvalue weighted by Crippen LogP contribution is -2.22. The maximum atomic E-state index is 12.2. The highest BCUT2D eigenvalue weighted by Crippen LogP contribution is 2.28. The molecule has 3 aromatic rings. The van der Waals surface area contributed by atoms with Crippen molar-refractivity contribution in [3.8, 4) is 5.75 Å². The lowest BCUT2D eigenvalue weighted by atomic mass is 10.1. The van der Waals surface area contributed by atoms with E-state index < -0.39 is 5.97 Å². The number of rotatable bonds is 6. The smallest absolute Gasteiger partial charge is 0.264 e. The van der Waals surface area contributed by atoms with Crippen LogP contribution in [0.4, 0.5) is 5.69 Å². The van der Waals surface area contributed by atoms with E-state index in [2.05, 4.69) is 10.3 Å². The molecule has 7 heteroatoms. The number of thioether (sulfide) groups is 1. The van der Waals surface area contributed by atoms with Crippen molar-refractivity contribution in [2.24, 2.45) is 4.99 Å². The SMILES string of the molecule is O=C1NC(=Nc2ccccc2)S/C1=C\c1ccc(OCc2cccc(C(=O)[O-])c2)cc1. The van der Waals surface area contributed by atoms with Gasteiger partial charge < -0.3 is 20.0 Å². The van der Waals surface area contributed by atoms with E-state index in [1.165, 1.54) is 23.9 Å². The number of aliphatic imine (C=N–C) groups is 1. The number of aromatic carboxylic acids is 1. The van der Waals surface area contributed by atoms with Crippen molar-refractivity contribution in [2.45, 2.75) is 6.61 Å². The first-order valence-corrected chi connectivity index (χ1v) is 10.3. The minimum absolute atomic E-state index is 0.116. The Morgan fingerprint density at radius 3 is 2.55 bits per heavy atom. The molecule has 0 saturated carbocycles. The van der Waals surface area contributed by atoms with Crippen molar-refractivity contribution >= 4 is 40.6 Å². The van der Waals surface area contributed by atoms with Crippen molar-refractivity contribution < 1.29 is 19.4 Å². The highest BCUT2D eigenvalue weighted by molar-refractivity contribution is 8.18. The molecule has 0 bridgehead atoms. The molecule has 3 aromatic carbocycles. The number of carboxylic acids is 1. The van der Waals surface area contributed by atoms with Crippen molar-refractivity contribution in [1.82, 2.24) is 5.32 Å². The van der Waals surface area contributed by atoms with Gasteiger partial charge in [-0.15, -0.1) is 0 Å². The first kappa shape index (κ1) is 20.4. The van der Waals surface area contributed by atoms with Crippen LogP contribution in [-0.4, -0.2) is 17.0 Å². The van der Waals surface area contributed by atoms with Gasteiger partial charge in [-0.25, -0.2) is 4.99 Å². The Morgan fingerprint density at radius 2 is 1.81 bits per heavy atom. The lowest BCUT2D eigenvalue weighted by Gasteiger charge is -2.08. The Hall–Kier alpha value is -3.84. The number of hydrogen-bond donors (Lipinski definition) is 1. The minimum atomic E-state index is -1.22. The predicted molar refractivity (Wildman–Crippen MR) is 119 cm³/mol. The third kappa shape index (κ3) is 5.40. The summed E-state index contributed by atoms with van der Waals surface area (Å²) in [7, 11) is 0. The van der Waals surface area contributed by atoms with Gasteiger partial charge in [0.15, 0.2) is 5.17 Å². The zero-order chi connectivity index (χ0) is 21.6. The number of carboxylic acid groups (broad SMARTS) is 1. The van der Waals surface area contributed by atoms with Crippen LogP contribution >= 0.6 is 11.8 Å². The molecule has 154 valence electrons. The molecule has 1 heterocycles. The number of nitrogens with zero attached hydrogens (tertiary/aromatic N) is 1. The number of ether oxygens (including phenoxy) is 1. The van der Waals surface area contributed by atoms with Crippen molar-refractivity contribution in [3.05, 3.63) is 100 Å². The number of hydrogen-bond acceptors (Lipinski definition) is 6. The molecule has 0 aromatic heterocycles. The third-order valence-corrected chi connectivity index (χ3v) is 5.29. The summed E-state index contributed by atoms with van der Waals surface area (Å²) < 4.78 is 5.72. The first-order valence-electron chi connectivity index (χ1n) is 9.44. The summed E-state index contributed by atoms with van der Waals surface area (Å²) in [6.45, 7) is 0.235. The Labute approximate surface area is 183 Å². The zero-order valence-corrected chi connectivity index (χ0v) is 17.1. The number of nitrogens with one attached hydrogen (secondary N) is 1. The van der Waals surface area contributed by atoms with Gasteiger partial charge in [-0.2, -0.15) is 0 Å². The number of amides is 1. The molecular formula is C24H17N2O4S-. The number of carbonyl (C=O) groups is 2. The first-order chi connectivity index (χ1) is 15.1. The summed E-state index contributed by atoms with van der Waals surface area (Å²) in [5.41, 5.74) is 2.48. The van der Waals surface area contributed by atoms with Crippen LogP contribution in [0.1, 0.15) is 21.5 Å². The fourth-order valence-electron chi connectivity index (χ4n) is 2.87. The zero-order valence-electron chi connectivity index (χ0n) is 16.3. The monoisotopic (exact) mass is 429 g/mol. The molecule has 1 amide bonds. The molecule has 4 rings (SSSR count). The van der Waals surface area contributed by atoms with Crippen LogP contribution in [0.5, 0.6) is 5.75 Å². The van der Waals surface area contributed by atoms with Crippen LogP contribution in [0.3, 0.4) is 0 Å². The largest absolute Gasteiger partial charge is 0.545 e. The molecule has 1 saturated heterocycles. The van der Waals surface area contributed by atoms with Crippen LogP contribution in [0, 0.1) is 0 Å². The number of para-hydroxylation sites is 1. The van der Waals surface area contributed by atoms with E-state index in [1.54, 1.807) is 30.3 Å². The molecule has 0 atom stereocenters. The second-order valence-electron chi connectivity index (χ2n) is 6.66. The van der Waals surface area contributed by atoms with Crippen molar-refractivity contribution in [3.63, 3.8) is 0 Å². The Morgan fingerprint density at radius 1 is 1.03 bits per heavy atom. The van der Waals surface area contributed by atoms with Gasteiger partial charge in [0.05, 0.1) is 16.6 Å². The summed E-state index contributed by atoms with van der Waals surface area (Å²) in [5, 5.41) is 14.3. The maximum absolute atomic E-state index is 12.2. The molecule has 0 spiro atoms. The van der Waals surface area contributed by atoms with Gasteiger partial charge in [0.2, 0.25) is 0 Å². The highest BCUT2D eigenvalue weighted by Gasteiger charge is 2.23. The molecule has 0 aliphatic carbocycles. The second kappa shape index (κ2) is 9.32. The molecular weight excluding hydrogens is 412 g/mol. The molecule has 1 N–H and O–H groups in total. The van der Waals surface area contributed by atoms with E-state index in [1.807, 2.05) is 42.5 Å².